The highest BCUT2D eigenvalue weighted by molar-refractivity contribution is 7.89. The number of nitrogens with zero attached hydrogens (tertiary/aromatic N) is 1. The molecule has 6 nitrogen and oxygen atoms in total. The summed E-state index contributed by atoms with van der Waals surface area (Å²) in [4.78, 5) is 12.6. The van der Waals surface area contributed by atoms with E-state index in [1.54, 1.807) is 19.1 Å². The molecule has 0 spiro atoms. The minimum Gasteiger partial charge on any atom is -0.492 e. The quantitative estimate of drug-likeness (QED) is 0.782. The van der Waals surface area contributed by atoms with Gasteiger partial charge in [0.05, 0.1) is 6.61 Å². The van der Waals surface area contributed by atoms with Gasteiger partial charge in [-0.25, -0.2) is 12.7 Å². The average Bonchev–Trinajstić information content (AvgIpc) is 2.85. The lowest BCUT2D eigenvalue weighted by Crippen LogP contribution is -2.24. The molecular weight excluding hydrogens is 340 g/mol. The number of benzene rings is 1. The van der Waals surface area contributed by atoms with E-state index in [0.29, 0.717) is 18.0 Å². The van der Waals surface area contributed by atoms with E-state index < -0.39 is 10.0 Å². The Hall–Kier alpha value is -1.60. The summed E-state index contributed by atoms with van der Waals surface area (Å²) < 4.78 is 31.7. The molecule has 140 valence electrons. The molecule has 1 aliphatic rings. The summed E-state index contributed by atoms with van der Waals surface area (Å²) in [6.07, 6.45) is 6.29. The van der Waals surface area contributed by atoms with Gasteiger partial charge in [-0.2, -0.15) is 0 Å². The molecule has 0 aromatic heterocycles. The van der Waals surface area contributed by atoms with Crippen LogP contribution in [0.4, 0.5) is 5.69 Å². The van der Waals surface area contributed by atoms with Crippen LogP contribution in [0.25, 0.3) is 0 Å². The number of carbonyl (C=O) groups excluding carboxylic acids is 1. The summed E-state index contributed by atoms with van der Waals surface area (Å²) >= 11 is 0. The monoisotopic (exact) mass is 368 g/mol. The Morgan fingerprint density at radius 2 is 1.84 bits per heavy atom. The van der Waals surface area contributed by atoms with Gasteiger partial charge in [0, 0.05) is 25.7 Å². The molecule has 0 radical (unpaired) electrons. The number of carbonyl (C=O) groups is 1. The molecule has 0 heterocycles. The predicted octanol–water partition coefficient (Wildman–Crippen LogP) is 3.24. The van der Waals surface area contributed by atoms with Gasteiger partial charge in [0.15, 0.2) is 0 Å². The standard InChI is InChI=1S/C18H28N2O4S/c1-4-24-16-12-11-15(13-17(16)25(22,23)20(2)3)19-18(21)14-9-7-5-6-8-10-14/h11-14H,4-10H2,1-3H3,(H,19,21). The van der Waals surface area contributed by atoms with Crippen LogP contribution in [0.5, 0.6) is 5.75 Å². The smallest absolute Gasteiger partial charge is 0.246 e. The van der Waals surface area contributed by atoms with Crippen LogP contribution in [-0.2, 0) is 14.8 Å². The van der Waals surface area contributed by atoms with Crippen LogP contribution in [0.1, 0.15) is 45.4 Å². The first kappa shape index (κ1) is 19.7. The van der Waals surface area contributed by atoms with E-state index in [1.807, 2.05) is 0 Å². The van der Waals surface area contributed by atoms with E-state index in [4.69, 9.17) is 4.74 Å². The van der Waals surface area contributed by atoms with Gasteiger partial charge in [-0.05, 0) is 38.0 Å². The molecule has 0 unspecified atom stereocenters. The van der Waals surface area contributed by atoms with Crippen LogP contribution in [-0.4, -0.2) is 39.3 Å². The van der Waals surface area contributed by atoms with Crippen molar-refractivity contribution in [3.05, 3.63) is 18.2 Å². The average molecular weight is 368 g/mol. The molecule has 1 aromatic rings. The fraction of sp³-hybridized carbons (Fsp3) is 0.611. The van der Waals surface area contributed by atoms with Crippen LogP contribution in [0.15, 0.2) is 23.1 Å². The van der Waals surface area contributed by atoms with Crippen LogP contribution in [0.2, 0.25) is 0 Å². The van der Waals surface area contributed by atoms with Crippen molar-refractivity contribution in [2.75, 3.05) is 26.0 Å². The second kappa shape index (κ2) is 8.67. The minimum absolute atomic E-state index is 0.00275. The third kappa shape index (κ3) is 4.95. The van der Waals surface area contributed by atoms with E-state index in [2.05, 4.69) is 5.32 Å². The first-order chi connectivity index (χ1) is 11.9. The number of hydrogen-bond acceptors (Lipinski definition) is 4. The number of amides is 1. The third-order valence-electron chi connectivity index (χ3n) is 4.50. The van der Waals surface area contributed by atoms with Crippen molar-refractivity contribution in [2.45, 2.75) is 50.3 Å². The van der Waals surface area contributed by atoms with Gasteiger partial charge >= 0.3 is 0 Å². The second-order valence-corrected chi connectivity index (χ2v) is 8.68. The highest BCUT2D eigenvalue weighted by Crippen LogP contribution is 2.30. The van der Waals surface area contributed by atoms with Crippen molar-refractivity contribution < 1.29 is 17.9 Å². The minimum atomic E-state index is -3.66. The van der Waals surface area contributed by atoms with Crippen LogP contribution in [0, 0.1) is 5.92 Å². The lowest BCUT2D eigenvalue weighted by atomic mass is 9.99. The largest absolute Gasteiger partial charge is 0.492 e. The van der Waals surface area contributed by atoms with Crippen molar-refractivity contribution >= 4 is 21.6 Å². The molecule has 0 atom stereocenters. The Morgan fingerprint density at radius 1 is 1.20 bits per heavy atom. The molecule has 25 heavy (non-hydrogen) atoms. The topological polar surface area (TPSA) is 75.7 Å². The van der Waals surface area contributed by atoms with Crippen molar-refractivity contribution in [2.24, 2.45) is 5.92 Å². The Morgan fingerprint density at radius 3 is 2.40 bits per heavy atom. The van der Waals surface area contributed by atoms with E-state index in [-0.39, 0.29) is 16.7 Å². The Bertz CT molecular complexity index is 693. The number of sulfonamides is 1. The number of ether oxygens (including phenoxy) is 1. The maximum absolute atomic E-state index is 12.5. The van der Waals surface area contributed by atoms with Crippen molar-refractivity contribution in [3.63, 3.8) is 0 Å². The molecule has 1 aromatic carbocycles. The first-order valence-electron chi connectivity index (χ1n) is 8.86. The fourth-order valence-corrected chi connectivity index (χ4v) is 4.10. The van der Waals surface area contributed by atoms with Gasteiger partial charge in [0.1, 0.15) is 10.6 Å². The summed E-state index contributed by atoms with van der Waals surface area (Å²) in [6.45, 7) is 2.16. The van der Waals surface area contributed by atoms with Crippen LogP contribution in [0.3, 0.4) is 0 Å². The summed E-state index contributed by atoms with van der Waals surface area (Å²) in [6, 6.07) is 4.77. The molecule has 1 aliphatic carbocycles. The summed E-state index contributed by atoms with van der Waals surface area (Å²) in [5, 5.41) is 2.88. The van der Waals surface area contributed by atoms with Crippen molar-refractivity contribution in [1.29, 1.82) is 0 Å². The molecule has 1 saturated carbocycles. The van der Waals surface area contributed by atoms with Crippen LogP contribution >= 0.6 is 0 Å². The molecule has 0 bridgehead atoms. The second-order valence-electron chi connectivity index (χ2n) is 6.56. The summed E-state index contributed by atoms with van der Waals surface area (Å²) in [5.74, 6) is 0.269. The lowest BCUT2D eigenvalue weighted by molar-refractivity contribution is -0.120. The SMILES string of the molecule is CCOc1ccc(NC(=O)C2CCCCCC2)cc1S(=O)(=O)N(C)C. The molecule has 0 aliphatic heterocycles. The van der Waals surface area contributed by atoms with Crippen molar-refractivity contribution in [1.82, 2.24) is 4.31 Å². The molecule has 1 fully saturated rings. The lowest BCUT2D eigenvalue weighted by Gasteiger charge is -2.18. The van der Waals surface area contributed by atoms with E-state index in [1.165, 1.54) is 33.0 Å². The van der Waals surface area contributed by atoms with Gasteiger partial charge in [0.25, 0.3) is 0 Å². The zero-order valence-electron chi connectivity index (χ0n) is 15.2. The molecule has 0 saturated heterocycles. The number of hydrogen-bond donors (Lipinski definition) is 1. The third-order valence-corrected chi connectivity index (χ3v) is 6.33. The number of rotatable bonds is 6. The van der Waals surface area contributed by atoms with Gasteiger partial charge in [0.2, 0.25) is 15.9 Å². The molecule has 2 rings (SSSR count). The maximum Gasteiger partial charge on any atom is 0.246 e. The molecule has 1 N–H and O–H groups in total. The Balaban J connectivity index is 2.25. The zero-order chi connectivity index (χ0) is 18.4. The normalized spacial score (nSPS) is 16.5. The zero-order valence-corrected chi connectivity index (χ0v) is 16.1. The number of anilines is 1. The maximum atomic E-state index is 12.5. The Labute approximate surface area is 150 Å². The van der Waals surface area contributed by atoms with E-state index >= 15 is 0 Å². The van der Waals surface area contributed by atoms with E-state index in [0.717, 1.165) is 30.0 Å². The fourth-order valence-electron chi connectivity index (χ4n) is 3.04. The molecular formula is C18H28N2O4S. The molecule has 1 amide bonds. The summed E-state index contributed by atoms with van der Waals surface area (Å²) in [7, 11) is -0.714. The van der Waals surface area contributed by atoms with Crippen LogP contribution < -0.4 is 10.1 Å². The Kier molecular flexibility index (Phi) is 6.84. The molecule has 7 heteroatoms. The summed E-state index contributed by atoms with van der Waals surface area (Å²) in [5.41, 5.74) is 0.484. The van der Waals surface area contributed by atoms with Crippen molar-refractivity contribution in [3.8, 4) is 5.75 Å². The van der Waals surface area contributed by atoms with E-state index in [9.17, 15) is 13.2 Å². The van der Waals surface area contributed by atoms with Gasteiger partial charge < -0.3 is 10.1 Å². The van der Waals surface area contributed by atoms with Gasteiger partial charge in [-0.15, -0.1) is 0 Å². The highest BCUT2D eigenvalue weighted by atomic mass is 32.2. The van der Waals surface area contributed by atoms with Gasteiger partial charge in [-0.1, -0.05) is 25.7 Å². The highest BCUT2D eigenvalue weighted by Gasteiger charge is 2.24. The predicted molar refractivity (Wildman–Crippen MR) is 98.3 cm³/mol. The first-order valence-corrected chi connectivity index (χ1v) is 10.3. The number of nitrogens with one attached hydrogen (secondary N) is 1. The van der Waals surface area contributed by atoms with Gasteiger partial charge in [-0.3, -0.25) is 4.79 Å².